The maximum atomic E-state index is 9.42. The van der Waals surface area contributed by atoms with Crippen molar-refractivity contribution < 1.29 is 14.6 Å². The van der Waals surface area contributed by atoms with Gasteiger partial charge in [-0.3, -0.25) is 0 Å². The van der Waals surface area contributed by atoms with Gasteiger partial charge in [0.1, 0.15) is 17.6 Å². The van der Waals surface area contributed by atoms with E-state index in [1.54, 1.807) is 19.1 Å². The highest BCUT2D eigenvalue weighted by atomic mass is 16.4. The Morgan fingerprint density at radius 3 is 2.67 bits per heavy atom. The van der Waals surface area contributed by atoms with E-state index in [1.165, 1.54) is 0 Å². The van der Waals surface area contributed by atoms with Crippen molar-refractivity contribution in [3.8, 4) is 0 Å². The third-order valence-electron chi connectivity index (χ3n) is 1.67. The maximum absolute atomic E-state index is 9.42. The second-order valence-corrected chi connectivity index (χ2v) is 2.74. The number of aliphatic hydroxyl groups excluding tert-OH is 2. The van der Waals surface area contributed by atoms with Crippen molar-refractivity contribution in [3.63, 3.8) is 0 Å². The zero-order chi connectivity index (χ0) is 9.14. The number of aliphatic hydroxyl groups is 2. The lowest BCUT2D eigenvalue weighted by atomic mass is 10.1. The lowest BCUT2D eigenvalue weighted by Gasteiger charge is -2.13. The molecule has 4 N–H and O–H groups in total. The van der Waals surface area contributed by atoms with Gasteiger partial charge < -0.3 is 20.4 Å². The molecule has 4 heteroatoms. The molecule has 1 aromatic rings. The third-order valence-corrected chi connectivity index (χ3v) is 1.67. The Bertz CT molecular complexity index is 246. The molecule has 0 bridgehead atoms. The van der Waals surface area contributed by atoms with E-state index in [9.17, 15) is 5.11 Å². The molecule has 0 amide bonds. The predicted molar refractivity (Wildman–Crippen MR) is 43.5 cm³/mol. The van der Waals surface area contributed by atoms with Crippen LogP contribution in [0.4, 0.5) is 0 Å². The molecule has 1 aromatic heterocycles. The van der Waals surface area contributed by atoms with Crippen LogP contribution in [0.5, 0.6) is 0 Å². The smallest absolute Gasteiger partial charge is 0.134 e. The van der Waals surface area contributed by atoms with Gasteiger partial charge in [0.2, 0.25) is 0 Å². The van der Waals surface area contributed by atoms with E-state index in [-0.39, 0.29) is 6.61 Å². The molecular formula is C8H13NO3. The van der Waals surface area contributed by atoms with Crippen LogP contribution < -0.4 is 5.73 Å². The van der Waals surface area contributed by atoms with Crippen molar-refractivity contribution >= 4 is 0 Å². The molecule has 4 nitrogen and oxygen atoms in total. The van der Waals surface area contributed by atoms with E-state index in [2.05, 4.69) is 0 Å². The quantitative estimate of drug-likeness (QED) is 0.595. The molecule has 0 spiro atoms. The van der Waals surface area contributed by atoms with E-state index < -0.39 is 12.1 Å². The Labute approximate surface area is 70.6 Å². The van der Waals surface area contributed by atoms with Crippen LogP contribution in [-0.2, 0) is 0 Å². The highest BCUT2D eigenvalue weighted by Gasteiger charge is 2.18. The summed E-state index contributed by atoms with van der Waals surface area (Å²) >= 11 is 0. The number of furan rings is 1. The SMILES string of the molecule is Cc1ccc(C(O)C(N)CO)o1. The Morgan fingerprint density at radius 1 is 1.58 bits per heavy atom. The fourth-order valence-corrected chi connectivity index (χ4v) is 0.923. The summed E-state index contributed by atoms with van der Waals surface area (Å²) in [7, 11) is 0. The van der Waals surface area contributed by atoms with Crippen molar-refractivity contribution in [1.82, 2.24) is 0 Å². The molecule has 0 radical (unpaired) electrons. The van der Waals surface area contributed by atoms with E-state index in [1.807, 2.05) is 0 Å². The number of nitrogens with two attached hydrogens (primary N) is 1. The highest BCUT2D eigenvalue weighted by molar-refractivity contribution is 5.09. The van der Waals surface area contributed by atoms with Crippen LogP contribution in [0.15, 0.2) is 16.5 Å². The molecule has 12 heavy (non-hydrogen) atoms. The highest BCUT2D eigenvalue weighted by Crippen LogP contribution is 2.17. The van der Waals surface area contributed by atoms with E-state index >= 15 is 0 Å². The zero-order valence-electron chi connectivity index (χ0n) is 6.90. The standard InChI is InChI=1S/C8H13NO3/c1-5-2-3-7(12-5)8(11)6(9)4-10/h2-3,6,8,10-11H,4,9H2,1H3. The van der Waals surface area contributed by atoms with Crippen LogP contribution in [0.2, 0.25) is 0 Å². The van der Waals surface area contributed by atoms with Gasteiger partial charge in [0.05, 0.1) is 12.6 Å². The van der Waals surface area contributed by atoms with Gasteiger partial charge in [0, 0.05) is 0 Å². The summed E-state index contributed by atoms with van der Waals surface area (Å²) in [6, 6.07) is 2.70. The Morgan fingerprint density at radius 2 is 2.25 bits per heavy atom. The molecule has 2 atom stereocenters. The topological polar surface area (TPSA) is 79.6 Å². The molecule has 0 saturated heterocycles. The van der Waals surface area contributed by atoms with Gasteiger partial charge in [0.15, 0.2) is 0 Å². The Kier molecular flexibility index (Phi) is 2.86. The minimum Gasteiger partial charge on any atom is -0.464 e. The van der Waals surface area contributed by atoms with Crippen molar-refractivity contribution in [2.45, 2.75) is 19.1 Å². The minimum atomic E-state index is -0.927. The molecule has 0 aliphatic heterocycles. The van der Waals surface area contributed by atoms with Crippen LogP contribution in [0, 0.1) is 6.92 Å². The second kappa shape index (κ2) is 3.71. The van der Waals surface area contributed by atoms with Crippen LogP contribution in [0.3, 0.4) is 0 Å². The Balaban J connectivity index is 2.70. The fourth-order valence-electron chi connectivity index (χ4n) is 0.923. The number of rotatable bonds is 3. The largest absolute Gasteiger partial charge is 0.464 e. The van der Waals surface area contributed by atoms with Crippen molar-refractivity contribution in [2.24, 2.45) is 5.73 Å². The summed E-state index contributed by atoms with van der Waals surface area (Å²) in [4.78, 5) is 0. The lowest BCUT2D eigenvalue weighted by Crippen LogP contribution is -2.31. The van der Waals surface area contributed by atoms with Crippen molar-refractivity contribution in [3.05, 3.63) is 23.7 Å². The molecule has 0 aromatic carbocycles. The van der Waals surface area contributed by atoms with Crippen molar-refractivity contribution in [1.29, 1.82) is 0 Å². The van der Waals surface area contributed by atoms with Gasteiger partial charge in [-0.15, -0.1) is 0 Å². The van der Waals surface area contributed by atoms with Crippen LogP contribution in [0.1, 0.15) is 17.6 Å². The third kappa shape index (κ3) is 1.85. The molecule has 0 fully saturated rings. The monoisotopic (exact) mass is 171 g/mol. The van der Waals surface area contributed by atoms with Gasteiger partial charge in [-0.1, -0.05) is 0 Å². The van der Waals surface area contributed by atoms with Crippen LogP contribution in [-0.4, -0.2) is 22.9 Å². The first-order chi connectivity index (χ1) is 5.65. The van der Waals surface area contributed by atoms with E-state index in [0.717, 1.165) is 0 Å². The van der Waals surface area contributed by atoms with E-state index in [0.29, 0.717) is 11.5 Å². The first-order valence-electron chi connectivity index (χ1n) is 3.76. The molecule has 1 heterocycles. The normalized spacial score (nSPS) is 16.0. The van der Waals surface area contributed by atoms with Gasteiger partial charge in [-0.05, 0) is 19.1 Å². The summed E-state index contributed by atoms with van der Waals surface area (Å²) in [6.07, 6.45) is -0.927. The maximum Gasteiger partial charge on any atom is 0.134 e. The summed E-state index contributed by atoms with van der Waals surface area (Å²) in [5.74, 6) is 1.11. The molecule has 1 rings (SSSR count). The van der Waals surface area contributed by atoms with Crippen molar-refractivity contribution in [2.75, 3.05) is 6.61 Å². The second-order valence-electron chi connectivity index (χ2n) is 2.74. The Hall–Kier alpha value is -0.840. The number of aryl methyl sites for hydroxylation is 1. The molecular weight excluding hydrogens is 158 g/mol. The lowest BCUT2D eigenvalue weighted by molar-refractivity contribution is 0.0896. The molecule has 0 aliphatic carbocycles. The first kappa shape index (κ1) is 9.25. The molecule has 0 aliphatic rings. The summed E-state index contributed by atoms with van der Waals surface area (Å²) < 4.78 is 5.13. The fraction of sp³-hybridized carbons (Fsp3) is 0.500. The minimum absolute atomic E-state index is 0.263. The van der Waals surface area contributed by atoms with Crippen LogP contribution >= 0.6 is 0 Å². The summed E-state index contributed by atoms with van der Waals surface area (Å²) in [5.41, 5.74) is 5.40. The summed E-state index contributed by atoms with van der Waals surface area (Å²) in [5, 5.41) is 18.1. The zero-order valence-corrected chi connectivity index (χ0v) is 6.90. The predicted octanol–water partition coefficient (Wildman–Crippen LogP) is -0.0590. The van der Waals surface area contributed by atoms with E-state index in [4.69, 9.17) is 15.3 Å². The van der Waals surface area contributed by atoms with Gasteiger partial charge in [-0.25, -0.2) is 0 Å². The molecule has 2 unspecified atom stereocenters. The number of hydrogen-bond acceptors (Lipinski definition) is 4. The molecule has 68 valence electrons. The molecule has 0 saturated carbocycles. The van der Waals surface area contributed by atoms with Gasteiger partial charge >= 0.3 is 0 Å². The van der Waals surface area contributed by atoms with Crippen LogP contribution in [0.25, 0.3) is 0 Å². The average molecular weight is 171 g/mol. The van der Waals surface area contributed by atoms with Gasteiger partial charge in [0.25, 0.3) is 0 Å². The average Bonchev–Trinajstić information content (AvgIpc) is 2.49. The first-order valence-corrected chi connectivity index (χ1v) is 3.76. The number of hydrogen-bond donors (Lipinski definition) is 3. The summed E-state index contributed by atoms with van der Waals surface area (Å²) in [6.45, 7) is 1.52. The van der Waals surface area contributed by atoms with Gasteiger partial charge in [-0.2, -0.15) is 0 Å².